The number of rotatable bonds is 8. The van der Waals surface area contributed by atoms with Crippen LogP contribution in [0.25, 0.3) is 0 Å². The highest BCUT2D eigenvalue weighted by Gasteiger charge is 2.15. The van der Waals surface area contributed by atoms with Crippen LogP contribution in [0.5, 0.6) is 11.5 Å². The lowest BCUT2D eigenvalue weighted by Gasteiger charge is -2.11. The van der Waals surface area contributed by atoms with E-state index >= 15 is 0 Å². The van der Waals surface area contributed by atoms with Crippen LogP contribution in [-0.2, 0) is 10.0 Å². The minimum atomic E-state index is -3.76. The maximum absolute atomic E-state index is 12.6. The number of amides is 1. The molecule has 0 aromatic heterocycles. The van der Waals surface area contributed by atoms with Crippen LogP contribution in [0.4, 0.5) is 11.4 Å². The maximum atomic E-state index is 12.6. The molecule has 3 aromatic rings. The molecule has 31 heavy (non-hydrogen) atoms. The number of sulfonamides is 1. The number of benzene rings is 3. The summed E-state index contributed by atoms with van der Waals surface area (Å²) >= 11 is 0. The van der Waals surface area contributed by atoms with Crippen LogP contribution in [0.2, 0.25) is 0 Å². The van der Waals surface area contributed by atoms with Gasteiger partial charge in [0.1, 0.15) is 11.5 Å². The molecule has 0 bridgehead atoms. The predicted molar refractivity (Wildman–Crippen MR) is 120 cm³/mol. The first-order valence-electron chi connectivity index (χ1n) is 9.62. The zero-order valence-corrected chi connectivity index (χ0v) is 18.3. The van der Waals surface area contributed by atoms with Crippen LogP contribution in [0.1, 0.15) is 24.2 Å². The number of ether oxygens (including phenoxy) is 2. The van der Waals surface area contributed by atoms with E-state index in [2.05, 4.69) is 10.0 Å². The molecule has 0 aliphatic carbocycles. The van der Waals surface area contributed by atoms with Crippen LogP contribution in [0, 0.1) is 0 Å². The Kier molecular flexibility index (Phi) is 6.81. The zero-order chi connectivity index (χ0) is 22.4. The SMILES string of the molecule is COc1ccc(NS(=O)(=O)c2ccc(NC(=O)c3ccc(OC(C)C)cc3)cc2)cc1. The average molecular weight is 441 g/mol. The van der Waals surface area contributed by atoms with E-state index in [9.17, 15) is 13.2 Å². The predicted octanol–water partition coefficient (Wildman–Crippen LogP) is 4.54. The second-order valence-corrected chi connectivity index (χ2v) is 8.69. The highest BCUT2D eigenvalue weighted by Crippen LogP contribution is 2.21. The summed E-state index contributed by atoms with van der Waals surface area (Å²) in [4.78, 5) is 12.5. The third-order valence-electron chi connectivity index (χ3n) is 4.25. The smallest absolute Gasteiger partial charge is 0.261 e. The molecule has 0 spiro atoms. The Balaban J connectivity index is 1.65. The Bertz CT molecular complexity index is 1120. The quantitative estimate of drug-likeness (QED) is 0.537. The van der Waals surface area contributed by atoms with E-state index in [4.69, 9.17) is 9.47 Å². The number of carbonyl (C=O) groups is 1. The number of nitrogens with one attached hydrogen (secondary N) is 2. The normalized spacial score (nSPS) is 11.1. The number of hydrogen-bond donors (Lipinski definition) is 2. The molecule has 3 rings (SSSR count). The molecule has 0 unspecified atom stereocenters. The average Bonchev–Trinajstić information content (AvgIpc) is 2.74. The van der Waals surface area contributed by atoms with Crippen LogP contribution in [0.15, 0.2) is 77.7 Å². The first kappa shape index (κ1) is 22.2. The van der Waals surface area contributed by atoms with E-state index in [-0.39, 0.29) is 16.9 Å². The van der Waals surface area contributed by atoms with Gasteiger partial charge in [-0.25, -0.2) is 8.42 Å². The standard InChI is InChI=1S/C23H24N2O5S/c1-16(2)30-21-10-4-17(5-11-21)23(26)24-18-8-14-22(15-9-18)31(27,28)25-19-6-12-20(29-3)13-7-19/h4-16,25H,1-3H3,(H,24,26). The van der Waals surface area contributed by atoms with Gasteiger partial charge in [-0.1, -0.05) is 0 Å². The van der Waals surface area contributed by atoms with Gasteiger partial charge in [-0.05, 0) is 86.6 Å². The van der Waals surface area contributed by atoms with E-state index < -0.39 is 10.0 Å². The van der Waals surface area contributed by atoms with Crippen molar-refractivity contribution in [2.24, 2.45) is 0 Å². The van der Waals surface area contributed by atoms with Crippen molar-refractivity contribution in [1.82, 2.24) is 0 Å². The van der Waals surface area contributed by atoms with Crippen LogP contribution < -0.4 is 19.5 Å². The molecule has 0 atom stereocenters. The summed E-state index contributed by atoms with van der Waals surface area (Å²) in [5.74, 6) is 1.01. The fourth-order valence-corrected chi connectivity index (χ4v) is 3.81. The fraction of sp³-hybridized carbons (Fsp3) is 0.174. The minimum Gasteiger partial charge on any atom is -0.497 e. The highest BCUT2D eigenvalue weighted by atomic mass is 32.2. The zero-order valence-electron chi connectivity index (χ0n) is 17.5. The van der Waals surface area contributed by atoms with Crippen molar-refractivity contribution in [3.63, 3.8) is 0 Å². The molecule has 2 N–H and O–H groups in total. The maximum Gasteiger partial charge on any atom is 0.261 e. The lowest BCUT2D eigenvalue weighted by Crippen LogP contribution is -2.14. The summed E-state index contributed by atoms with van der Waals surface area (Å²) in [5, 5.41) is 2.75. The van der Waals surface area contributed by atoms with Crippen LogP contribution >= 0.6 is 0 Å². The van der Waals surface area contributed by atoms with Crippen molar-refractivity contribution in [2.45, 2.75) is 24.8 Å². The van der Waals surface area contributed by atoms with Crippen molar-refractivity contribution in [3.05, 3.63) is 78.4 Å². The molecule has 0 aliphatic rings. The van der Waals surface area contributed by atoms with E-state index in [0.29, 0.717) is 28.4 Å². The number of anilines is 2. The molecule has 162 valence electrons. The third kappa shape index (κ3) is 5.99. The summed E-state index contributed by atoms with van der Waals surface area (Å²) in [5.41, 5.74) is 1.37. The van der Waals surface area contributed by atoms with Gasteiger partial charge in [-0.2, -0.15) is 0 Å². The highest BCUT2D eigenvalue weighted by molar-refractivity contribution is 7.92. The molecule has 0 saturated heterocycles. The van der Waals surface area contributed by atoms with E-state index in [1.165, 1.54) is 31.4 Å². The van der Waals surface area contributed by atoms with Crippen molar-refractivity contribution in [3.8, 4) is 11.5 Å². The molecule has 7 nitrogen and oxygen atoms in total. The van der Waals surface area contributed by atoms with Crippen molar-refractivity contribution < 1.29 is 22.7 Å². The fourth-order valence-electron chi connectivity index (χ4n) is 2.75. The summed E-state index contributed by atoms with van der Waals surface area (Å²) in [7, 11) is -2.22. The minimum absolute atomic E-state index is 0.0497. The van der Waals surface area contributed by atoms with Gasteiger partial charge in [0.2, 0.25) is 0 Å². The summed E-state index contributed by atoms with van der Waals surface area (Å²) in [6, 6.07) is 19.3. The second-order valence-electron chi connectivity index (χ2n) is 7.00. The Morgan fingerprint density at radius 3 is 1.90 bits per heavy atom. The molecule has 0 heterocycles. The Labute approximate surface area is 182 Å². The van der Waals surface area contributed by atoms with Gasteiger partial charge < -0.3 is 14.8 Å². The number of methoxy groups -OCH3 is 1. The first-order chi connectivity index (χ1) is 14.8. The van der Waals surface area contributed by atoms with E-state index in [1.807, 2.05) is 13.8 Å². The Morgan fingerprint density at radius 2 is 1.35 bits per heavy atom. The second kappa shape index (κ2) is 9.53. The monoisotopic (exact) mass is 440 g/mol. The molecule has 0 radical (unpaired) electrons. The molecule has 0 fully saturated rings. The number of carbonyl (C=O) groups excluding carboxylic acids is 1. The van der Waals surface area contributed by atoms with Gasteiger partial charge in [0.25, 0.3) is 15.9 Å². The van der Waals surface area contributed by atoms with Crippen molar-refractivity contribution in [2.75, 3.05) is 17.1 Å². The van der Waals surface area contributed by atoms with Crippen LogP contribution in [0.3, 0.4) is 0 Å². The van der Waals surface area contributed by atoms with Gasteiger partial charge >= 0.3 is 0 Å². The van der Waals surface area contributed by atoms with Gasteiger partial charge in [0.15, 0.2) is 0 Å². The van der Waals surface area contributed by atoms with Crippen LogP contribution in [-0.4, -0.2) is 27.5 Å². The lowest BCUT2D eigenvalue weighted by atomic mass is 10.2. The van der Waals surface area contributed by atoms with Gasteiger partial charge in [0.05, 0.1) is 18.1 Å². The Hall–Kier alpha value is -3.52. The molecular formula is C23H24N2O5S. The van der Waals surface area contributed by atoms with Crippen molar-refractivity contribution in [1.29, 1.82) is 0 Å². The lowest BCUT2D eigenvalue weighted by molar-refractivity contribution is 0.102. The molecular weight excluding hydrogens is 416 g/mol. The summed E-state index contributed by atoms with van der Waals surface area (Å²) in [6.07, 6.45) is 0.0497. The summed E-state index contributed by atoms with van der Waals surface area (Å²) in [6.45, 7) is 3.86. The third-order valence-corrected chi connectivity index (χ3v) is 5.65. The molecule has 0 saturated carbocycles. The molecule has 3 aromatic carbocycles. The van der Waals surface area contributed by atoms with Crippen molar-refractivity contribution >= 4 is 27.3 Å². The Morgan fingerprint density at radius 1 is 0.806 bits per heavy atom. The topological polar surface area (TPSA) is 93.7 Å². The largest absolute Gasteiger partial charge is 0.497 e. The molecule has 8 heteroatoms. The molecule has 0 aliphatic heterocycles. The first-order valence-corrected chi connectivity index (χ1v) is 11.1. The van der Waals surface area contributed by atoms with E-state index in [1.54, 1.807) is 48.5 Å². The van der Waals surface area contributed by atoms with Gasteiger partial charge in [-0.15, -0.1) is 0 Å². The van der Waals surface area contributed by atoms with E-state index in [0.717, 1.165) is 0 Å². The van der Waals surface area contributed by atoms with Gasteiger partial charge in [-0.3, -0.25) is 9.52 Å². The van der Waals surface area contributed by atoms with Gasteiger partial charge in [0, 0.05) is 16.9 Å². The molecule has 1 amide bonds. The number of hydrogen-bond acceptors (Lipinski definition) is 5. The summed E-state index contributed by atoms with van der Waals surface area (Å²) < 4.78 is 38.3.